The van der Waals surface area contributed by atoms with E-state index in [4.69, 9.17) is 14.6 Å². The van der Waals surface area contributed by atoms with Crippen LogP contribution in [0.1, 0.15) is 61.2 Å². The number of carbonyl (C=O) groups is 2. The molecular formula is C29H32N2O7S. The number of aliphatic carboxylic acids is 1. The van der Waals surface area contributed by atoms with Crippen LogP contribution in [0.15, 0.2) is 78.0 Å². The van der Waals surface area contributed by atoms with Gasteiger partial charge in [-0.1, -0.05) is 48.2 Å². The Morgan fingerprint density at radius 3 is 2.38 bits per heavy atom. The number of carboxylic acid groups (broad SMARTS) is 1. The van der Waals surface area contributed by atoms with Gasteiger partial charge in [0.15, 0.2) is 12.5 Å². The molecule has 10 heteroatoms. The van der Waals surface area contributed by atoms with E-state index >= 15 is 0 Å². The number of benzene rings is 2. The second kappa shape index (κ2) is 14.1. The van der Waals surface area contributed by atoms with Crippen LogP contribution in [0.4, 0.5) is 5.69 Å². The van der Waals surface area contributed by atoms with Gasteiger partial charge in [0.25, 0.3) is 5.03 Å². The van der Waals surface area contributed by atoms with Crippen molar-refractivity contribution in [1.82, 2.24) is 0 Å². The first-order valence-electron chi connectivity index (χ1n) is 12.8. The van der Waals surface area contributed by atoms with Gasteiger partial charge in [-0.15, -0.1) is 0 Å². The van der Waals surface area contributed by atoms with Crippen LogP contribution in [0.25, 0.3) is 0 Å². The Hall–Kier alpha value is -3.44. The third-order valence-corrected chi connectivity index (χ3v) is 7.48. The number of nitrogens with one attached hydrogen (secondary N) is 1. The number of nitrogens with zero attached hydrogens (tertiary/aromatic N) is 1. The molecule has 1 aromatic heterocycles. The average molecular weight is 553 g/mol. The zero-order valence-electron chi connectivity index (χ0n) is 21.4. The summed E-state index contributed by atoms with van der Waals surface area (Å²) >= 11 is 1.43. The molecule has 0 bridgehead atoms. The minimum absolute atomic E-state index is 0.0334. The molecule has 1 aliphatic heterocycles. The van der Waals surface area contributed by atoms with Crippen LogP contribution in [0.2, 0.25) is 0 Å². The first-order chi connectivity index (χ1) is 18.9. The highest BCUT2D eigenvalue weighted by molar-refractivity contribution is 7.99. The standard InChI is InChI=1S/C29H32N2O7S/c32-18-20-8-10-21(11-9-20)25-17-24(19-39-27-6-3-4-16-31(27)36)37-29(38-25)22-12-14-23(15-13-22)30-26(33)5-1-2-7-28(34)35/h3-4,6,8-16,24-25,29,32H,1-2,5,7,17-19H2,(H,30,33)(H,34,35)/t24-,25+,29+/m1/s1. The van der Waals surface area contributed by atoms with E-state index in [1.165, 1.54) is 18.0 Å². The molecule has 39 heavy (non-hydrogen) atoms. The molecule has 3 aromatic rings. The van der Waals surface area contributed by atoms with Crippen LogP contribution < -0.4 is 10.0 Å². The summed E-state index contributed by atoms with van der Waals surface area (Å²) in [5, 5.41) is 33.6. The molecule has 9 nitrogen and oxygen atoms in total. The Morgan fingerprint density at radius 1 is 0.974 bits per heavy atom. The van der Waals surface area contributed by atoms with Crippen molar-refractivity contribution in [3.63, 3.8) is 0 Å². The fraction of sp³-hybridized carbons (Fsp3) is 0.345. The number of aromatic nitrogens is 1. The number of hydrogen-bond acceptors (Lipinski definition) is 7. The summed E-state index contributed by atoms with van der Waals surface area (Å²) < 4.78 is 13.5. The van der Waals surface area contributed by atoms with Crippen LogP contribution >= 0.6 is 11.8 Å². The molecule has 0 saturated carbocycles. The van der Waals surface area contributed by atoms with E-state index in [0.717, 1.165) is 21.4 Å². The van der Waals surface area contributed by atoms with Crippen LogP contribution in [0.3, 0.4) is 0 Å². The fourth-order valence-electron chi connectivity index (χ4n) is 4.23. The second-order valence-electron chi connectivity index (χ2n) is 9.30. The van der Waals surface area contributed by atoms with E-state index in [1.807, 2.05) is 42.5 Å². The number of amides is 1. The minimum atomic E-state index is -0.863. The Labute approximate surface area is 231 Å². The lowest BCUT2D eigenvalue weighted by atomic mass is 10.0. The fourth-order valence-corrected chi connectivity index (χ4v) is 5.17. The molecule has 0 radical (unpaired) electrons. The van der Waals surface area contributed by atoms with Gasteiger partial charge in [0.05, 0.1) is 18.8 Å². The summed E-state index contributed by atoms with van der Waals surface area (Å²) in [6.45, 7) is -0.0334. The van der Waals surface area contributed by atoms with Crippen molar-refractivity contribution in [1.29, 1.82) is 0 Å². The predicted octanol–water partition coefficient (Wildman–Crippen LogP) is 4.73. The third-order valence-electron chi connectivity index (χ3n) is 6.33. The number of unbranched alkanes of at least 4 members (excludes halogenated alkanes) is 1. The lowest BCUT2D eigenvalue weighted by Gasteiger charge is -2.36. The van der Waals surface area contributed by atoms with Crippen molar-refractivity contribution >= 4 is 29.3 Å². The maximum Gasteiger partial charge on any atom is 0.303 e. The van der Waals surface area contributed by atoms with Crippen LogP contribution in [-0.4, -0.2) is 33.9 Å². The number of aliphatic hydroxyl groups excluding tert-OH is 1. The second-order valence-corrected chi connectivity index (χ2v) is 10.3. The maximum atomic E-state index is 12.2. The Morgan fingerprint density at radius 2 is 1.69 bits per heavy atom. The van der Waals surface area contributed by atoms with Gasteiger partial charge in [-0.3, -0.25) is 9.59 Å². The zero-order valence-corrected chi connectivity index (χ0v) is 22.2. The highest BCUT2D eigenvalue weighted by Gasteiger charge is 2.32. The molecule has 1 saturated heterocycles. The third kappa shape index (κ3) is 8.52. The number of carboxylic acids is 1. The van der Waals surface area contributed by atoms with Gasteiger partial charge in [0, 0.05) is 48.4 Å². The number of carbonyl (C=O) groups excluding carboxylic acids is 1. The van der Waals surface area contributed by atoms with Crippen molar-refractivity contribution in [2.75, 3.05) is 11.1 Å². The molecule has 206 valence electrons. The van der Waals surface area contributed by atoms with Crippen LogP contribution in [-0.2, 0) is 25.7 Å². The lowest BCUT2D eigenvalue weighted by molar-refractivity contribution is -0.645. The van der Waals surface area contributed by atoms with Gasteiger partial charge in [-0.05, 0) is 42.2 Å². The van der Waals surface area contributed by atoms with E-state index in [9.17, 15) is 19.9 Å². The Bertz CT molecular complexity index is 1240. The molecular weight excluding hydrogens is 520 g/mol. The summed E-state index contributed by atoms with van der Waals surface area (Å²) in [5.41, 5.74) is 3.21. The highest BCUT2D eigenvalue weighted by atomic mass is 32.2. The number of hydrogen-bond donors (Lipinski definition) is 3. The number of rotatable bonds is 12. The van der Waals surface area contributed by atoms with Crippen molar-refractivity contribution in [2.45, 2.75) is 62.2 Å². The topological polar surface area (TPSA) is 132 Å². The molecule has 3 atom stereocenters. The number of thioether (sulfide) groups is 1. The summed E-state index contributed by atoms with van der Waals surface area (Å²) in [4.78, 5) is 22.8. The van der Waals surface area contributed by atoms with Crippen molar-refractivity contribution in [3.8, 4) is 0 Å². The molecule has 1 aliphatic rings. The van der Waals surface area contributed by atoms with E-state index in [1.54, 1.807) is 24.3 Å². The smallest absolute Gasteiger partial charge is 0.303 e. The molecule has 2 aromatic carbocycles. The average Bonchev–Trinajstić information content (AvgIpc) is 2.95. The first kappa shape index (κ1) is 28.6. The van der Waals surface area contributed by atoms with Gasteiger partial charge in [0.2, 0.25) is 5.91 Å². The predicted molar refractivity (Wildman–Crippen MR) is 146 cm³/mol. The van der Waals surface area contributed by atoms with Crippen LogP contribution in [0.5, 0.6) is 0 Å². The zero-order chi connectivity index (χ0) is 27.6. The van der Waals surface area contributed by atoms with E-state index < -0.39 is 12.3 Å². The molecule has 4 rings (SSSR count). The van der Waals surface area contributed by atoms with Gasteiger partial charge < -0.3 is 30.2 Å². The summed E-state index contributed by atoms with van der Waals surface area (Å²) in [6.07, 6.45) is 2.26. The van der Waals surface area contributed by atoms with Gasteiger partial charge in [0.1, 0.15) is 0 Å². The summed E-state index contributed by atoms with van der Waals surface area (Å²) in [7, 11) is 0. The van der Waals surface area contributed by atoms with Crippen molar-refractivity contribution < 1.29 is 34.0 Å². The largest absolute Gasteiger partial charge is 0.618 e. The molecule has 1 fully saturated rings. The number of aliphatic hydroxyl groups is 1. The molecule has 0 aliphatic carbocycles. The number of ether oxygens (including phenoxy) is 2. The van der Waals surface area contributed by atoms with Gasteiger partial charge in [-0.25, -0.2) is 0 Å². The summed E-state index contributed by atoms with van der Waals surface area (Å²) in [6, 6.07) is 20.2. The van der Waals surface area contributed by atoms with Gasteiger partial charge >= 0.3 is 5.97 Å². The normalized spacial score (nSPS) is 18.9. The van der Waals surface area contributed by atoms with E-state index in [-0.39, 0.29) is 37.6 Å². The van der Waals surface area contributed by atoms with Crippen molar-refractivity contribution in [2.24, 2.45) is 0 Å². The molecule has 0 spiro atoms. The van der Waals surface area contributed by atoms with Gasteiger partial charge in [-0.2, -0.15) is 4.73 Å². The van der Waals surface area contributed by atoms with E-state index in [2.05, 4.69) is 5.32 Å². The monoisotopic (exact) mass is 552 g/mol. The minimum Gasteiger partial charge on any atom is -0.618 e. The molecule has 2 heterocycles. The Balaban J connectivity index is 1.42. The van der Waals surface area contributed by atoms with Crippen LogP contribution in [0, 0.1) is 5.21 Å². The summed E-state index contributed by atoms with van der Waals surface area (Å²) in [5.74, 6) is -0.469. The number of anilines is 1. The molecule has 1 amide bonds. The van der Waals surface area contributed by atoms with Crippen molar-refractivity contribution in [3.05, 3.63) is 94.8 Å². The quantitative estimate of drug-likeness (QED) is 0.127. The lowest BCUT2D eigenvalue weighted by Crippen LogP contribution is -2.32. The Kier molecular flexibility index (Phi) is 10.3. The maximum absolute atomic E-state index is 12.2. The molecule has 3 N–H and O–H groups in total. The molecule has 0 unspecified atom stereocenters. The number of pyridine rings is 1. The van der Waals surface area contributed by atoms with E-state index in [0.29, 0.717) is 35.7 Å². The highest BCUT2D eigenvalue weighted by Crippen LogP contribution is 2.39. The SMILES string of the molecule is O=C(O)CCCCC(=O)Nc1ccc([C@H]2O[C@@H](CSc3cccc[n+]3[O-])C[C@@H](c3ccc(CO)cc3)O2)cc1. The first-order valence-corrected chi connectivity index (χ1v) is 13.8.